The predicted octanol–water partition coefficient (Wildman–Crippen LogP) is 4.23. The summed E-state index contributed by atoms with van der Waals surface area (Å²) in [5.41, 5.74) is 3.77. The van der Waals surface area contributed by atoms with E-state index in [4.69, 9.17) is 11.6 Å². The van der Waals surface area contributed by atoms with Crippen molar-refractivity contribution < 1.29 is 0 Å². The maximum absolute atomic E-state index is 11.5. The van der Waals surface area contributed by atoms with Gasteiger partial charge in [0, 0.05) is 30.9 Å². The number of nitrogens with zero attached hydrogens (tertiary/aromatic N) is 5. The Bertz CT molecular complexity index is 1270. The molecule has 0 unspecified atom stereocenters. The van der Waals surface area contributed by atoms with Crippen molar-refractivity contribution in [1.82, 2.24) is 24.7 Å². The van der Waals surface area contributed by atoms with Gasteiger partial charge in [-0.05, 0) is 48.4 Å². The number of anilines is 2. The summed E-state index contributed by atoms with van der Waals surface area (Å²) in [7, 11) is 0. The van der Waals surface area contributed by atoms with E-state index in [1.807, 2.05) is 31.2 Å². The molecule has 1 aliphatic rings. The van der Waals surface area contributed by atoms with E-state index in [-0.39, 0.29) is 11.5 Å². The fraction of sp³-hybridized carbons (Fsp3) is 0.182. The Kier molecular flexibility index (Phi) is 4.40. The molecule has 7 nitrogen and oxygen atoms in total. The molecule has 4 aromatic rings. The van der Waals surface area contributed by atoms with Crippen LogP contribution in [0.1, 0.15) is 24.5 Å². The second-order valence-electron chi connectivity index (χ2n) is 7.43. The van der Waals surface area contributed by atoms with Gasteiger partial charge in [-0.25, -0.2) is 4.98 Å². The number of nitrogens with one attached hydrogen (secondary N) is 1. The molecule has 0 bridgehead atoms. The molecule has 3 aromatic heterocycles. The van der Waals surface area contributed by atoms with Crippen LogP contribution in [0.3, 0.4) is 0 Å². The lowest BCUT2D eigenvalue weighted by atomic mass is 10.1. The maximum atomic E-state index is 11.5. The van der Waals surface area contributed by atoms with Crippen LogP contribution in [0.15, 0.2) is 59.7 Å². The summed E-state index contributed by atoms with van der Waals surface area (Å²) < 4.78 is 2.10. The van der Waals surface area contributed by atoms with Crippen molar-refractivity contribution in [3.8, 4) is 16.8 Å². The summed E-state index contributed by atoms with van der Waals surface area (Å²) in [5, 5.41) is 9.34. The lowest BCUT2D eigenvalue weighted by Gasteiger charge is -2.26. The molecule has 0 saturated heterocycles. The third-order valence-electron chi connectivity index (χ3n) is 5.36. The lowest BCUT2D eigenvalue weighted by Crippen LogP contribution is -2.22. The van der Waals surface area contributed by atoms with Crippen molar-refractivity contribution in [2.75, 3.05) is 11.4 Å². The van der Waals surface area contributed by atoms with E-state index >= 15 is 0 Å². The number of H-pyrrole nitrogens is 1. The Balaban J connectivity index is 1.74. The van der Waals surface area contributed by atoms with Crippen LogP contribution in [-0.4, -0.2) is 31.3 Å². The summed E-state index contributed by atoms with van der Waals surface area (Å²) in [5.74, 6) is 2.69. The molecule has 0 amide bonds. The average molecular weight is 419 g/mol. The van der Waals surface area contributed by atoms with Crippen LogP contribution >= 0.6 is 11.6 Å². The Labute approximate surface area is 178 Å². The summed E-state index contributed by atoms with van der Waals surface area (Å²) in [6.07, 6.45) is 3.38. The zero-order valence-electron chi connectivity index (χ0n) is 16.5. The molecule has 5 rings (SSSR count). The fourth-order valence-electron chi connectivity index (χ4n) is 3.89. The molecular weight excluding hydrogens is 400 g/mol. The summed E-state index contributed by atoms with van der Waals surface area (Å²) >= 11 is 6.07. The summed E-state index contributed by atoms with van der Waals surface area (Å²) in [6, 6.07) is 13.3. The van der Waals surface area contributed by atoms with Crippen molar-refractivity contribution in [3.63, 3.8) is 0 Å². The highest BCUT2D eigenvalue weighted by atomic mass is 35.5. The number of halogens is 1. The molecule has 1 aromatic carbocycles. The van der Waals surface area contributed by atoms with Crippen molar-refractivity contribution in [2.45, 2.75) is 19.8 Å². The van der Waals surface area contributed by atoms with Crippen LogP contribution in [0.2, 0.25) is 5.02 Å². The molecule has 0 spiro atoms. The lowest BCUT2D eigenvalue weighted by molar-refractivity contribution is 0.693. The van der Waals surface area contributed by atoms with E-state index in [0.717, 1.165) is 40.0 Å². The van der Waals surface area contributed by atoms with Gasteiger partial charge in [0.25, 0.3) is 0 Å². The van der Waals surface area contributed by atoms with E-state index in [1.165, 1.54) is 6.07 Å². The minimum Gasteiger partial charge on any atom is -0.328 e. The third-order valence-corrected chi connectivity index (χ3v) is 5.58. The van der Waals surface area contributed by atoms with Gasteiger partial charge in [-0.2, -0.15) is 0 Å². The predicted molar refractivity (Wildman–Crippen MR) is 117 cm³/mol. The van der Waals surface area contributed by atoms with Crippen LogP contribution in [0.25, 0.3) is 16.8 Å². The second kappa shape index (κ2) is 7.11. The van der Waals surface area contributed by atoms with Crippen LogP contribution in [-0.2, 0) is 0 Å². The van der Waals surface area contributed by atoms with Gasteiger partial charge in [-0.3, -0.25) is 9.36 Å². The molecule has 0 radical (unpaired) electrons. The Hall–Kier alpha value is -3.45. The molecule has 150 valence electrons. The Morgan fingerprint density at radius 3 is 2.63 bits per heavy atom. The van der Waals surface area contributed by atoms with Crippen molar-refractivity contribution in [3.05, 3.63) is 81.9 Å². The standard InChI is InChI=1S/C22H19ClN6O/c1-13-12-28(20-7-5-17(23)11-24-20)19-9-15(16-4-8-21(30)25-10-16)3-6-18(19)29-14(2)26-27-22(13)29/h3-11,13H,12H2,1-2H3,(H,25,30)/t13-/m1/s1. The SMILES string of the molecule is Cc1nnc2n1-c1ccc(-c3ccc(=O)[nH]c3)cc1N(c1ccc(Cl)cn1)C[C@H]2C. The zero-order chi connectivity index (χ0) is 20.8. The van der Waals surface area contributed by atoms with Crippen molar-refractivity contribution >= 4 is 23.1 Å². The van der Waals surface area contributed by atoms with Gasteiger partial charge in [-0.1, -0.05) is 24.6 Å². The maximum Gasteiger partial charge on any atom is 0.247 e. The van der Waals surface area contributed by atoms with Gasteiger partial charge < -0.3 is 9.88 Å². The van der Waals surface area contributed by atoms with Crippen molar-refractivity contribution in [2.24, 2.45) is 0 Å². The molecule has 8 heteroatoms. The van der Waals surface area contributed by atoms with Gasteiger partial charge in [0.1, 0.15) is 17.5 Å². The molecular formula is C22H19ClN6O. The van der Waals surface area contributed by atoms with E-state index in [1.54, 1.807) is 12.4 Å². The zero-order valence-corrected chi connectivity index (χ0v) is 17.3. The van der Waals surface area contributed by atoms with E-state index in [0.29, 0.717) is 11.6 Å². The molecule has 4 heterocycles. The molecule has 1 aliphatic heterocycles. The number of fused-ring (bicyclic) bond motifs is 3. The highest BCUT2D eigenvalue weighted by Crippen LogP contribution is 2.39. The van der Waals surface area contributed by atoms with Gasteiger partial charge in [0.2, 0.25) is 5.56 Å². The monoisotopic (exact) mass is 418 g/mol. The number of aryl methyl sites for hydroxylation is 1. The highest BCUT2D eigenvalue weighted by molar-refractivity contribution is 6.30. The second-order valence-corrected chi connectivity index (χ2v) is 7.87. The average Bonchev–Trinajstić information content (AvgIpc) is 3.08. The number of hydrogen-bond acceptors (Lipinski definition) is 5. The third kappa shape index (κ3) is 3.07. The molecule has 0 aliphatic carbocycles. The topological polar surface area (TPSA) is 79.7 Å². The van der Waals surface area contributed by atoms with E-state index < -0.39 is 0 Å². The molecule has 0 fully saturated rings. The number of hydrogen-bond donors (Lipinski definition) is 1. The minimum atomic E-state index is -0.126. The van der Waals surface area contributed by atoms with Crippen LogP contribution in [0.5, 0.6) is 0 Å². The summed E-state index contributed by atoms with van der Waals surface area (Å²) in [4.78, 5) is 21.0. The van der Waals surface area contributed by atoms with Gasteiger partial charge in [0.05, 0.1) is 16.4 Å². The Morgan fingerprint density at radius 1 is 1.07 bits per heavy atom. The number of benzene rings is 1. The van der Waals surface area contributed by atoms with Crippen LogP contribution in [0, 0.1) is 6.92 Å². The quantitative estimate of drug-likeness (QED) is 0.526. The van der Waals surface area contributed by atoms with Crippen LogP contribution < -0.4 is 10.5 Å². The molecule has 0 saturated carbocycles. The molecule has 1 N–H and O–H groups in total. The number of pyridine rings is 2. The first-order valence-corrected chi connectivity index (χ1v) is 10.0. The summed E-state index contributed by atoms with van der Waals surface area (Å²) in [6.45, 7) is 4.78. The fourth-order valence-corrected chi connectivity index (χ4v) is 4.00. The number of aromatic amines is 1. The molecule has 30 heavy (non-hydrogen) atoms. The first kappa shape index (κ1) is 18.6. The highest BCUT2D eigenvalue weighted by Gasteiger charge is 2.29. The largest absolute Gasteiger partial charge is 0.328 e. The van der Waals surface area contributed by atoms with Crippen LogP contribution in [0.4, 0.5) is 11.5 Å². The van der Waals surface area contributed by atoms with Gasteiger partial charge in [-0.15, -0.1) is 10.2 Å². The minimum absolute atomic E-state index is 0.126. The smallest absolute Gasteiger partial charge is 0.247 e. The van der Waals surface area contributed by atoms with Gasteiger partial charge in [0.15, 0.2) is 0 Å². The normalized spacial score (nSPS) is 15.4. The number of rotatable bonds is 2. The van der Waals surface area contributed by atoms with E-state index in [9.17, 15) is 4.79 Å². The van der Waals surface area contributed by atoms with Gasteiger partial charge >= 0.3 is 0 Å². The first-order valence-electron chi connectivity index (χ1n) is 9.66. The van der Waals surface area contributed by atoms with Crippen molar-refractivity contribution in [1.29, 1.82) is 0 Å². The molecule has 1 atom stereocenters. The number of aromatic nitrogens is 5. The van der Waals surface area contributed by atoms with E-state index in [2.05, 4.69) is 48.7 Å². The first-order chi connectivity index (χ1) is 14.5. The Morgan fingerprint density at radius 2 is 1.90 bits per heavy atom.